The maximum absolute atomic E-state index is 13.0. The Balaban J connectivity index is 1.47. The Kier molecular flexibility index (Phi) is 6.34. The first-order chi connectivity index (χ1) is 14.6. The minimum absolute atomic E-state index is 0.0425. The molecule has 0 aliphatic carbocycles. The smallest absolute Gasteiger partial charge is 0.227 e. The lowest BCUT2D eigenvalue weighted by Crippen LogP contribution is -2.32. The largest absolute Gasteiger partial charge is 0.497 e. The first-order valence-electron chi connectivity index (χ1n) is 10.2. The summed E-state index contributed by atoms with van der Waals surface area (Å²) in [7, 11) is 1.64. The quantitative estimate of drug-likeness (QED) is 0.547. The van der Waals surface area contributed by atoms with Crippen molar-refractivity contribution in [3.05, 3.63) is 94.3 Å². The van der Waals surface area contributed by atoms with Gasteiger partial charge in [0.1, 0.15) is 5.75 Å². The Labute approximate surface area is 182 Å². The zero-order valence-corrected chi connectivity index (χ0v) is 17.8. The number of aromatic nitrogens is 1. The van der Waals surface area contributed by atoms with Crippen molar-refractivity contribution in [2.24, 2.45) is 0 Å². The third kappa shape index (κ3) is 4.82. The molecule has 5 heteroatoms. The van der Waals surface area contributed by atoms with Gasteiger partial charge in [-0.15, -0.1) is 0 Å². The maximum atomic E-state index is 13.0. The van der Waals surface area contributed by atoms with E-state index in [4.69, 9.17) is 21.3 Å². The van der Waals surface area contributed by atoms with Gasteiger partial charge < -0.3 is 9.64 Å². The molecule has 1 aromatic heterocycles. The van der Waals surface area contributed by atoms with Gasteiger partial charge >= 0.3 is 0 Å². The van der Waals surface area contributed by atoms with Crippen LogP contribution in [0.3, 0.4) is 0 Å². The molecule has 4 rings (SSSR count). The molecule has 0 N–H and O–H groups in total. The summed E-state index contributed by atoms with van der Waals surface area (Å²) in [5, 5.41) is 0.734. The fraction of sp³-hybridized carbons (Fsp3) is 0.280. The van der Waals surface area contributed by atoms with E-state index in [-0.39, 0.29) is 11.9 Å². The molecule has 2 heterocycles. The summed E-state index contributed by atoms with van der Waals surface area (Å²) in [5.41, 5.74) is 4.14. The Morgan fingerprint density at radius 3 is 2.53 bits per heavy atom. The zero-order chi connectivity index (χ0) is 20.9. The van der Waals surface area contributed by atoms with E-state index in [1.165, 1.54) is 5.56 Å². The van der Waals surface area contributed by atoms with Crippen LogP contribution in [0.5, 0.6) is 5.75 Å². The molecule has 0 radical (unpaired) electrons. The molecule has 0 bridgehead atoms. The molecule has 3 aromatic rings. The molecule has 1 aliphatic rings. The minimum Gasteiger partial charge on any atom is -0.497 e. The van der Waals surface area contributed by atoms with E-state index >= 15 is 0 Å². The molecule has 4 nitrogen and oxygen atoms in total. The normalized spacial score (nSPS) is 15.9. The van der Waals surface area contributed by atoms with E-state index in [9.17, 15) is 4.79 Å². The van der Waals surface area contributed by atoms with Crippen LogP contribution in [0.15, 0.2) is 66.7 Å². The van der Waals surface area contributed by atoms with Crippen molar-refractivity contribution in [2.45, 2.75) is 31.7 Å². The van der Waals surface area contributed by atoms with Gasteiger partial charge in [0.05, 0.1) is 25.3 Å². The second-order valence-electron chi connectivity index (χ2n) is 7.63. The van der Waals surface area contributed by atoms with Crippen molar-refractivity contribution < 1.29 is 9.53 Å². The maximum Gasteiger partial charge on any atom is 0.227 e. The lowest BCUT2D eigenvalue weighted by atomic mass is 10.1. The number of methoxy groups -OCH3 is 1. The molecule has 30 heavy (non-hydrogen) atoms. The van der Waals surface area contributed by atoms with E-state index < -0.39 is 0 Å². The number of rotatable bonds is 6. The summed E-state index contributed by atoms with van der Waals surface area (Å²) in [6.45, 7) is 0.781. The van der Waals surface area contributed by atoms with Gasteiger partial charge in [-0.3, -0.25) is 9.78 Å². The molecular weight excluding hydrogens is 396 g/mol. The number of benzene rings is 2. The topological polar surface area (TPSA) is 42.4 Å². The van der Waals surface area contributed by atoms with Crippen LogP contribution in [0.2, 0.25) is 5.02 Å². The summed E-state index contributed by atoms with van der Waals surface area (Å²) >= 11 is 5.99. The lowest BCUT2D eigenvalue weighted by molar-refractivity contribution is -0.131. The lowest BCUT2D eigenvalue weighted by Gasteiger charge is -2.25. The predicted octanol–water partition coefficient (Wildman–Crippen LogP) is 5.24. The van der Waals surface area contributed by atoms with Crippen molar-refractivity contribution in [3.8, 4) is 5.75 Å². The van der Waals surface area contributed by atoms with E-state index in [0.717, 1.165) is 53.5 Å². The highest BCUT2D eigenvalue weighted by molar-refractivity contribution is 6.30. The van der Waals surface area contributed by atoms with Crippen LogP contribution in [0.4, 0.5) is 0 Å². The van der Waals surface area contributed by atoms with Crippen molar-refractivity contribution in [1.82, 2.24) is 9.88 Å². The highest BCUT2D eigenvalue weighted by Gasteiger charge is 2.30. The third-order valence-electron chi connectivity index (χ3n) is 5.56. The molecule has 154 valence electrons. The third-order valence-corrected chi connectivity index (χ3v) is 5.81. The van der Waals surface area contributed by atoms with E-state index in [1.807, 2.05) is 71.6 Å². The van der Waals surface area contributed by atoms with Gasteiger partial charge in [0.25, 0.3) is 0 Å². The summed E-state index contributed by atoms with van der Waals surface area (Å²) in [6.07, 6.45) is 3.09. The van der Waals surface area contributed by atoms with E-state index in [1.54, 1.807) is 7.11 Å². The van der Waals surface area contributed by atoms with Gasteiger partial charge in [-0.1, -0.05) is 41.9 Å². The summed E-state index contributed by atoms with van der Waals surface area (Å²) in [6, 6.07) is 21.7. The fourth-order valence-electron chi connectivity index (χ4n) is 3.99. The van der Waals surface area contributed by atoms with Gasteiger partial charge in [-0.2, -0.15) is 0 Å². The second-order valence-corrected chi connectivity index (χ2v) is 8.06. The van der Waals surface area contributed by atoms with Crippen molar-refractivity contribution in [3.63, 3.8) is 0 Å². The number of halogens is 1. The first kappa shape index (κ1) is 20.4. The average Bonchev–Trinajstić information content (AvgIpc) is 3.26. The van der Waals surface area contributed by atoms with Gasteiger partial charge in [-0.25, -0.2) is 0 Å². The molecule has 1 atom stereocenters. The summed E-state index contributed by atoms with van der Waals surface area (Å²) in [5.74, 6) is 0.944. The molecule has 1 aliphatic heterocycles. The van der Waals surface area contributed by atoms with Crippen LogP contribution in [0, 0.1) is 0 Å². The average molecular weight is 421 g/mol. The van der Waals surface area contributed by atoms with Crippen LogP contribution < -0.4 is 4.74 Å². The number of hydrogen-bond acceptors (Lipinski definition) is 3. The fourth-order valence-corrected chi connectivity index (χ4v) is 4.11. The van der Waals surface area contributed by atoms with Crippen molar-refractivity contribution in [2.75, 3.05) is 13.7 Å². The summed E-state index contributed by atoms with van der Waals surface area (Å²) in [4.78, 5) is 19.9. The molecule has 1 unspecified atom stereocenters. The number of amides is 1. The minimum atomic E-state index is 0.0425. The number of pyridine rings is 1. The number of likely N-dealkylation sites (tertiary alicyclic amines) is 1. The molecule has 1 saturated heterocycles. The van der Waals surface area contributed by atoms with E-state index in [0.29, 0.717) is 6.42 Å². The second kappa shape index (κ2) is 9.31. The molecule has 2 aromatic carbocycles. The standard InChI is InChI=1S/C25H25ClN2O2/c1-30-22-13-9-19(10-14-22)17-25(29)28-15-3-6-24(28)23-5-2-4-21(27-23)16-18-7-11-20(26)12-8-18/h2,4-5,7-14,24H,3,6,15-17H2,1H3. The van der Waals surface area contributed by atoms with Gasteiger partial charge in [-0.05, 0) is 60.4 Å². The Morgan fingerprint density at radius 1 is 1.07 bits per heavy atom. The molecule has 1 fully saturated rings. The summed E-state index contributed by atoms with van der Waals surface area (Å²) < 4.78 is 5.20. The van der Waals surface area contributed by atoms with Crippen LogP contribution in [-0.4, -0.2) is 29.4 Å². The van der Waals surface area contributed by atoms with Crippen molar-refractivity contribution >= 4 is 17.5 Å². The number of nitrogens with zero attached hydrogens (tertiary/aromatic N) is 2. The van der Waals surface area contributed by atoms with Gasteiger partial charge in [0, 0.05) is 23.7 Å². The van der Waals surface area contributed by atoms with E-state index in [2.05, 4.69) is 0 Å². The number of hydrogen-bond donors (Lipinski definition) is 0. The first-order valence-corrected chi connectivity index (χ1v) is 10.6. The molecule has 0 spiro atoms. The molecule has 0 saturated carbocycles. The van der Waals surface area contributed by atoms with Crippen molar-refractivity contribution in [1.29, 1.82) is 0 Å². The Bertz CT molecular complexity index is 1000. The van der Waals surface area contributed by atoms with Gasteiger partial charge in [0.15, 0.2) is 0 Å². The predicted molar refractivity (Wildman–Crippen MR) is 119 cm³/mol. The Hall–Kier alpha value is -2.85. The van der Waals surface area contributed by atoms with Gasteiger partial charge in [0.2, 0.25) is 5.91 Å². The van der Waals surface area contributed by atoms with Crippen LogP contribution in [0.25, 0.3) is 0 Å². The SMILES string of the molecule is COc1ccc(CC(=O)N2CCCC2c2cccc(Cc3ccc(Cl)cc3)n2)cc1. The van der Waals surface area contributed by atoms with Crippen LogP contribution in [0.1, 0.15) is 41.4 Å². The molecular formula is C25H25ClN2O2. The molecule has 1 amide bonds. The number of carbonyl (C=O) groups is 1. The van der Waals surface area contributed by atoms with Crippen LogP contribution in [-0.2, 0) is 17.6 Å². The van der Waals surface area contributed by atoms with Crippen LogP contribution >= 0.6 is 11.6 Å². The highest BCUT2D eigenvalue weighted by atomic mass is 35.5. The monoisotopic (exact) mass is 420 g/mol. The number of ether oxygens (including phenoxy) is 1. The number of carbonyl (C=O) groups excluding carboxylic acids is 1. The Morgan fingerprint density at radius 2 is 1.80 bits per heavy atom. The highest BCUT2D eigenvalue weighted by Crippen LogP contribution is 2.31. The zero-order valence-electron chi connectivity index (χ0n) is 17.1.